The SMILES string of the molecule is NCCCC(=O)NC1c2ccccc2-c2c(-c3nc4ccncc4[nH]3)cccc21. The van der Waals surface area contributed by atoms with Crippen molar-refractivity contribution in [3.63, 3.8) is 0 Å². The summed E-state index contributed by atoms with van der Waals surface area (Å²) in [6, 6.07) is 16.1. The lowest BCUT2D eigenvalue weighted by molar-refractivity contribution is -0.121. The van der Waals surface area contributed by atoms with Gasteiger partial charge in [0.25, 0.3) is 0 Å². The van der Waals surface area contributed by atoms with Crippen molar-refractivity contribution in [1.29, 1.82) is 0 Å². The molecule has 0 aliphatic heterocycles. The third kappa shape index (κ3) is 2.98. The van der Waals surface area contributed by atoms with E-state index in [1.54, 1.807) is 12.4 Å². The minimum Gasteiger partial charge on any atom is -0.345 e. The molecule has 2 aromatic heterocycles. The van der Waals surface area contributed by atoms with Crippen LogP contribution in [0.4, 0.5) is 0 Å². The van der Waals surface area contributed by atoms with E-state index in [0.717, 1.165) is 44.7 Å². The molecule has 1 atom stereocenters. The summed E-state index contributed by atoms with van der Waals surface area (Å²) in [6.07, 6.45) is 4.63. The highest BCUT2D eigenvalue weighted by molar-refractivity contribution is 5.92. The molecule has 0 saturated heterocycles. The fourth-order valence-corrected chi connectivity index (χ4v) is 4.09. The van der Waals surface area contributed by atoms with E-state index in [4.69, 9.17) is 10.7 Å². The van der Waals surface area contributed by atoms with E-state index in [2.05, 4.69) is 39.6 Å². The van der Waals surface area contributed by atoms with E-state index in [1.165, 1.54) is 0 Å². The molecular weight excluding hydrogens is 362 g/mol. The minimum atomic E-state index is -0.169. The normalized spacial score (nSPS) is 14.6. The molecule has 2 aromatic carbocycles. The fraction of sp³-hybridized carbons (Fsp3) is 0.174. The average Bonchev–Trinajstić information content (AvgIpc) is 3.32. The quantitative estimate of drug-likeness (QED) is 0.491. The van der Waals surface area contributed by atoms with Gasteiger partial charge in [0, 0.05) is 18.2 Å². The van der Waals surface area contributed by atoms with Gasteiger partial charge in [0.1, 0.15) is 5.82 Å². The number of aromatic amines is 1. The number of nitrogens with two attached hydrogens (primary N) is 1. The van der Waals surface area contributed by atoms with Crippen LogP contribution in [0.1, 0.15) is 30.0 Å². The molecule has 4 N–H and O–H groups in total. The van der Waals surface area contributed by atoms with Crippen molar-refractivity contribution in [2.45, 2.75) is 18.9 Å². The van der Waals surface area contributed by atoms with Crippen molar-refractivity contribution in [1.82, 2.24) is 20.3 Å². The Bertz CT molecular complexity index is 1180. The van der Waals surface area contributed by atoms with E-state index in [0.29, 0.717) is 19.4 Å². The molecule has 0 spiro atoms. The van der Waals surface area contributed by atoms with Gasteiger partial charge >= 0.3 is 0 Å². The summed E-state index contributed by atoms with van der Waals surface area (Å²) in [5, 5.41) is 3.20. The molecule has 1 aliphatic rings. The number of nitrogens with zero attached hydrogens (tertiary/aromatic N) is 2. The zero-order valence-electron chi connectivity index (χ0n) is 15.9. The number of rotatable bonds is 5. The maximum Gasteiger partial charge on any atom is 0.220 e. The predicted octanol–water partition coefficient (Wildman–Crippen LogP) is 3.55. The molecule has 2 heterocycles. The summed E-state index contributed by atoms with van der Waals surface area (Å²) in [5.41, 5.74) is 12.8. The molecule has 5 rings (SSSR count). The summed E-state index contributed by atoms with van der Waals surface area (Å²) in [6.45, 7) is 0.510. The molecule has 6 heteroatoms. The van der Waals surface area contributed by atoms with Crippen LogP contribution in [0.15, 0.2) is 60.9 Å². The number of imidazole rings is 1. The number of benzene rings is 2. The monoisotopic (exact) mass is 383 g/mol. The van der Waals surface area contributed by atoms with Gasteiger partial charge in [-0.15, -0.1) is 0 Å². The molecule has 1 amide bonds. The first kappa shape index (κ1) is 17.6. The van der Waals surface area contributed by atoms with Crippen molar-refractivity contribution >= 4 is 16.9 Å². The third-order valence-corrected chi connectivity index (χ3v) is 5.40. The van der Waals surface area contributed by atoms with Gasteiger partial charge in [-0.05, 0) is 41.3 Å². The van der Waals surface area contributed by atoms with Gasteiger partial charge < -0.3 is 16.0 Å². The lowest BCUT2D eigenvalue weighted by Crippen LogP contribution is -2.28. The van der Waals surface area contributed by atoms with Crippen LogP contribution in [0.5, 0.6) is 0 Å². The highest BCUT2D eigenvalue weighted by Crippen LogP contribution is 2.47. The van der Waals surface area contributed by atoms with E-state index in [1.807, 2.05) is 24.3 Å². The summed E-state index contributed by atoms with van der Waals surface area (Å²) in [4.78, 5) is 24.8. The van der Waals surface area contributed by atoms with E-state index in [-0.39, 0.29) is 11.9 Å². The first-order chi connectivity index (χ1) is 14.3. The molecular formula is C23H21N5O. The van der Waals surface area contributed by atoms with Gasteiger partial charge in [-0.3, -0.25) is 9.78 Å². The molecule has 0 fully saturated rings. The zero-order valence-corrected chi connectivity index (χ0v) is 15.9. The largest absolute Gasteiger partial charge is 0.345 e. The number of fused-ring (bicyclic) bond motifs is 4. The van der Waals surface area contributed by atoms with Crippen LogP contribution >= 0.6 is 0 Å². The van der Waals surface area contributed by atoms with Gasteiger partial charge in [-0.25, -0.2) is 4.98 Å². The third-order valence-electron chi connectivity index (χ3n) is 5.40. The number of carbonyl (C=O) groups excluding carboxylic acids is 1. The van der Waals surface area contributed by atoms with Crippen LogP contribution in [-0.2, 0) is 4.79 Å². The molecule has 1 unspecified atom stereocenters. The lowest BCUT2D eigenvalue weighted by atomic mass is 9.99. The standard InChI is InChI=1S/C23H21N5O/c24-11-4-9-20(29)28-22-15-6-2-1-5-14(15)21-16(22)7-3-8-17(21)23-26-18-10-12-25-13-19(18)27-23/h1-3,5-8,10,12-13,22H,4,9,11,24H2,(H,26,27)(H,28,29). The van der Waals surface area contributed by atoms with Crippen molar-refractivity contribution in [3.8, 4) is 22.5 Å². The summed E-state index contributed by atoms with van der Waals surface area (Å²) >= 11 is 0. The molecule has 29 heavy (non-hydrogen) atoms. The molecule has 0 radical (unpaired) electrons. The van der Waals surface area contributed by atoms with E-state index in [9.17, 15) is 4.79 Å². The molecule has 6 nitrogen and oxygen atoms in total. The van der Waals surface area contributed by atoms with Crippen LogP contribution in [-0.4, -0.2) is 27.4 Å². The Morgan fingerprint density at radius 3 is 2.76 bits per heavy atom. The second kappa shape index (κ2) is 7.14. The van der Waals surface area contributed by atoms with Gasteiger partial charge in [-0.1, -0.05) is 42.5 Å². The van der Waals surface area contributed by atoms with E-state index >= 15 is 0 Å². The number of hydrogen-bond acceptors (Lipinski definition) is 4. The molecule has 4 aromatic rings. The number of pyridine rings is 1. The van der Waals surface area contributed by atoms with Crippen LogP contribution in [0, 0.1) is 0 Å². The van der Waals surface area contributed by atoms with Crippen LogP contribution in [0.25, 0.3) is 33.5 Å². The van der Waals surface area contributed by atoms with Crippen LogP contribution < -0.4 is 11.1 Å². The van der Waals surface area contributed by atoms with Gasteiger partial charge in [0.2, 0.25) is 5.91 Å². The Labute approximate surface area is 168 Å². The highest BCUT2D eigenvalue weighted by atomic mass is 16.1. The molecule has 144 valence electrons. The number of nitrogens with one attached hydrogen (secondary N) is 2. The Hall–Kier alpha value is -3.51. The Morgan fingerprint density at radius 1 is 1.07 bits per heavy atom. The Morgan fingerprint density at radius 2 is 1.90 bits per heavy atom. The fourth-order valence-electron chi connectivity index (χ4n) is 4.09. The van der Waals surface area contributed by atoms with Gasteiger partial charge in [0.15, 0.2) is 0 Å². The maximum absolute atomic E-state index is 12.5. The first-order valence-electron chi connectivity index (χ1n) is 9.78. The number of aromatic nitrogens is 3. The van der Waals surface area contributed by atoms with Crippen molar-refractivity contribution in [3.05, 3.63) is 72.1 Å². The maximum atomic E-state index is 12.5. The predicted molar refractivity (Wildman–Crippen MR) is 113 cm³/mol. The molecule has 0 saturated carbocycles. The second-order valence-electron chi connectivity index (χ2n) is 7.23. The summed E-state index contributed by atoms with van der Waals surface area (Å²) in [5.74, 6) is 0.818. The van der Waals surface area contributed by atoms with E-state index < -0.39 is 0 Å². The van der Waals surface area contributed by atoms with Gasteiger partial charge in [-0.2, -0.15) is 0 Å². The van der Waals surface area contributed by atoms with Crippen molar-refractivity contribution in [2.75, 3.05) is 6.54 Å². The number of H-pyrrole nitrogens is 1. The minimum absolute atomic E-state index is 0.0170. The first-order valence-corrected chi connectivity index (χ1v) is 9.78. The smallest absolute Gasteiger partial charge is 0.220 e. The number of amides is 1. The molecule has 1 aliphatic carbocycles. The Balaban J connectivity index is 1.63. The zero-order chi connectivity index (χ0) is 19.8. The number of hydrogen-bond donors (Lipinski definition) is 3. The van der Waals surface area contributed by atoms with Crippen LogP contribution in [0.2, 0.25) is 0 Å². The summed E-state index contributed by atoms with van der Waals surface area (Å²) in [7, 11) is 0. The average molecular weight is 383 g/mol. The second-order valence-corrected chi connectivity index (χ2v) is 7.23. The van der Waals surface area contributed by atoms with Crippen LogP contribution in [0.3, 0.4) is 0 Å². The van der Waals surface area contributed by atoms with Gasteiger partial charge in [0.05, 0.1) is 23.3 Å². The van der Waals surface area contributed by atoms with Crippen molar-refractivity contribution in [2.24, 2.45) is 5.73 Å². The Kier molecular flexibility index (Phi) is 4.33. The number of carbonyl (C=O) groups is 1. The van der Waals surface area contributed by atoms with Crippen molar-refractivity contribution < 1.29 is 4.79 Å². The highest BCUT2D eigenvalue weighted by Gasteiger charge is 2.32. The summed E-state index contributed by atoms with van der Waals surface area (Å²) < 4.78 is 0. The molecule has 0 bridgehead atoms. The lowest BCUT2D eigenvalue weighted by Gasteiger charge is -2.16. The topological polar surface area (TPSA) is 96.7 Å².